The van der Waals surface area contributed by atoms with Crippen LogP contribution in [-0.4, -0.2) is 34.7 Å². The van der Waals surface area contributed by atoms with Gasteiger partial charge in [0.25, 0.3) is 0 Å². The first kappa shape index (κ1) is 29.5. The molecule has 3 aromatic carbocycles. The van der Waals surface area contributed by atoms with Crippen molar-refractivity contribution < 1.29 is 21.6 Å². The molecular weight excluding hydrogens is 546 g/mol. The molecule has 0 saturated carbocycles. The topological polar surface area (TPSA) is 125 Å². The van der Waals surface area contributed by atoms with E-state index in [9.17, 15) is 22.1 Å². The summed E-state index contributed by atoms with van der Waals surface area (Å²) in [4.78, 5) is -0.160. The monoisotopic (exact) mass is 575 g/mol. The van der Waals surface area contributed by atoms with E-state index in [0.29, 0.717) is 28.3 Å². The summed E-state index contributed by atoms with van der Waals surface area (Å²) in [5.41, 5.74) is 1.27. The van der Waals surface area contributed by atoms with Crippen LogP contribution < -0.4 is 14.2 Å². The first-order valence-electron chi connectivity index (χ1n) is 11.8. The SMILES string of the molecule is CC(C)(C)NS(=O)(=O)c1ccccc1NS(=O)(=O)CCc1ccc(Cl)cc1OCCc1ccccc1C#N. The smallest absolute Gasteiger partial charge is 0.243 e. The third-order valence-corrected chi connectivity index (χ3v) is 8.64. The van der Waals surface area contributed by atoms with Crippen LogP contribution in [0.5, 0.6) is 5.75 Å². The van der Waals surface area contributed by atoms with Gasteiger partial charge in [0.05, 0.1) is 29.7 Å². The van der Waals surface area contributed by atoms with Crippen LogP contribution in [0.3, 0.4) is 0 Å². The molecule has 202 valence electrons. The third kappa shape index (κ3) is 8.46. The van der Waals surface area contributed by atoms with Gasteiger partial charge in [0.15, 0.2) is 0 Å². The molecule has 0 atom stereocenters. The Balaban J connectivity index is 1.72. The van der Waals surface area contributed by atoms with E-state index < -0.39 is 25.6 Å². The molecule has 0 aromatic heterocycles. The third-order valence-electron chi connectivity index (χ3n) is 5.32. The van der Waals surface area contributed by atoms with Crippen LogP contribution in [0, 0.1) is 11.3 Å². The van der Waals surface area contributed by atoms with Gasteiger partial charge in [0, 0.05) is 17.0 Å². The summed E-state index contributed by atoms with van der Waals surface area (Å²) in [7, 11) is -7.90. The number of benzene rings is 3. The highest BCUT2D eigenvalue weighted by Crippen LogP contribution is 2.26. The number of para-hydroxylation sites is 1. The molecule has 0 radical (unpaired) electrons. The van der Waals surface area contributed by atoms with Gasteiger partial charge in [-0.2, -0.15) is 5.26 Å². The minimum absolute atomic E-state index is 0.0343. The molecule has 0 spiro atoms. The van der Waals surface area contributed by atoms with E-state index in [0.717, 1.165) is 5.56 Å². The second-order valence-electron chi connectivity index (χ2n) is 9.64. The van der Waals surface area contributed by atoms with Gasteiger partial charge in [0.1, 0.15) is 10.6 Å². The largest absolute Gasteiger partial charge is 0.493 e. The van der Waals surface area contributed by atoms with E-state index in [4.69, 9.17) is 16.3 Å². The number of nitrogens with zero attached hydrogens (tertiary/aromatic N) is 1. The molecule has 0 unspecified atom stereocenters. The summed E-state index contributed by atoms with van der Waals surface area (Å²) in [6.45, 7) is 5.37. The fourth-order valence-electron chi connectivity index (χ4n) is 3.69. The second-order valence-corrected chi connectivity index (χ2v) is 13.6. The van der Waals surface area contributed by atoms with Crippen LogP contribution in [0.15, 0.2) is 71.6 Å². The lowest BCUT2D eigenvalue weighted by Gasteiger charge is -2.21. The predicted molar refractivity (Wildman–Crippen MR) is 149 cm³/mol. The normalized spacial score (nSPS) is 12.1. The Morgan fingerprint density at radius 2 is 1.61 bits per heavy atom. The molecule has 2 N–H and O–H groups in total. The Morgan fingerprint density at radius 1 is 0.921 bits per heavy atom. The number of sulfonamides is 2. The van der Waals surface area contributed by atoms with Crippen LogP contribution in [0.4, 0.5) is 5.69 Å². The number of hydrogen-bond acceptors (Lipinski definition) is 6. The first-order valence-corrected chi connectivity index (χ1v) is 15.3. The minimum Gasteiger partial charge on any atom is -0.493 e. The number of rotatable bonds is 11. The van der Waals surface area contributed by atoms with Crippen LogP contribution in [0.2, 0.25) is 5.02 Å². The summed E-state index contributed by atoms with van der Waals surface area (Å²) < 4.78 is 62.5. The van der Waals surface area contributed by atoms with E-state index in [1.807, 2.05) is 12.1 Å². The van der Waals surface area contributed by atoms with Crippen molar-refractivity contribution in [3.63, 3.8) is 0 Å². The molecule has 0 heterocycles. The summed E-state index contributed by atoms with van der Waals surface area (Å²) in [6.07, 6.45) is 0.592. The van der Waals surface area contributed by atoms with Gasteiger partial charge in [-0.15, -0.1) is 0 Å². The Kier molecular flexibility index (Phi) is 9.44. The highest BCUT2D eigenvalue weighted by atomic mass is 35.5. The van der Waals surface area contributed by atoms with E-state index in [1.165, 1.54) is 18.2 Å². The van der Waals surface area contributed by atoms with E-state index >= 15 is 0 Å². The average molecular weight is 576 g/mol. The van der Waals surface area contributed by atoms with Gasteiger partial charge in [-0.1, -0.05) is 48.0 Å². The predicted octanol–water partition coefficient (Wildman–Crippen LogP) is 4.89. The zero-order valence-corrected chi connectivity index (χ0v) is 23.8. The molecule has 0 bridgehead atoms. The van der Waals surface area contributed by atoms with Crippen molar-refractivity contribution in [1.29, 1.82) is 5.26 Å². The molecule has 0 aliphatic heterocycles. The van der Waals surface area contributed by atoms with Gasteiger partial charge >= 0.3 is 0 Å². The average Bonchev–Trinajstić information content (AvgIpc) is 2.82. The molecule has 0 fully saturated rings. The summed E-state index contributed by atoms with van der Waals surface area (Å²) in [5.74, 6) is 0.128. The Morgan fingerprint density at radius 3 is 2.32 bits per heavy atom. The Bertz CT molecular complexity index is 1540. The van der Waals surface area contributed by atoms with Crippen molar-refractivity contribution in [1.82, 2.24) is 4.72 Å². The highest BCUT2D eigenvalue weighted by Gasteiger charge is 2.26. The maximum absolute atomic E-state index is 13.0. The van der Waals surface area contributed by atoms with E-state index in [2.05, 4.69) is 15.5 Å². The quantitative estimate of drug-likeness (QED) is 0.335. The number of nitriles is 1. The van der Waals surface area contributed by atoms with Crippen molar-refractivity contribution in [3.05, 3.63) is 88.4 Å². The lowest BCUT2D eigenvalue weighted by molar-refractivity contribution is 0.319. The molecule has 3 rings (SSSR count). The van der Waals surface area contributed by atoms with Crippen molar-refractivity contribution >= 4 is 37.3 Å². The van der Waals surface area contributed by atoms with E-state index in [-0.39, 0.29) is 29.4 Å². The lowest BCUT2D eigenvalue weighted by atomic mass is 10.1. The Hall–Kier alpha value is -3.10. The van der Waals surface area contributed by atoms with E-state index in [1.54, 1.807) is 57.2 Å². The molecule has 3 aromatic rings. The molecule has 0 aliphatic rings. The zero-order valence-electron chi connectivity index (χ0n) is 21.4. The van der Waals surface area contributed by atoms with Crippen molar-refractivity contribution in [2.24, 2.45) is 0 Å². The van der Waals surface area contributed by atoms with Crippen molar-refractivity contribution in [3.8, 4) is 11.8 Å². The minimum atomic E-state index is -3.97. The van der Waals surface area contributed by atoms with Gasteiger partial charge in [-0.05, 0) is 68.7 Å². The van der Waals surface area contributed by atoms with Gasteiger partial charge < -0.3 is 4.74 Å². The standard InChI is InChI=1S/C27H30ClN3O5S2/c1-27(2,3)31-38(34,35)26-11-7-6-10-24(26)30-37(32,33)17-15-21-12-13-23(28)18-25(21)36-16-14-20-8-4-5-9-22(20)19-29/h4-13,18,30-31H,14-17H2,1-3H3. The van der Waals surface area contributed by atoms with Crippen molar-refractivity contribution in [2.75, 3.05) is 17.1 Å². The fraction of sp³-hybridized carbons (Fsp3) is 0.296. The number of nitrogens with one attached hydrogen (secondary N) is 2. The summed E-state index contributed by atoms with van der Waals surface area (Å²) >= 11 is 6.15. The molecule has 8 nitrogen and oxygen atoms in total. The molecule has 0 amide bonds. The number of aryl methyl sites for hydroxylation is 1. The van der Waals surface area contributed by atoms with Crippen LogP contribution in [0.1, 0.15) is 37.5 Å². The second kappa shape index (κ2) is 12.2. The van der Waals surface area contributed by atoms with Crippen LogP contribution >= 0.6 is 11.6 Å². The molecule has 0 aliphatic carbocycles. The zero-order chi connectivity index (χ0) is 28.0. The van der Waals surface area contributed by atoms with Gasteiger partial charge in [0.2, 0.25) is 20.0 Å². The fourth-order valence-corrected chi connectivity index (χ4v) is 6.61. The highest BCUT2D eigenvalue weighted by molar-refractivity contribution is 7.93. The van der Waals surface area contributed by atoms with Gasteiger partial charge in [-0.25, -0.2) is 21.6 Å². The number of hydrogen-bond donors (Lipinski definition) is 2. The van der Waals surface area contributed by atoms with Crippen molar-refractivity contribution in [2.45, 2.75) is 44.0 Å². The summed E-state index contributed by atoms with van der Waals surface area (Å²) in [5, 5.41) is 9.71. The number of ether oxygens (including phenoxy) is 1. The Labute approximate surface area is 229 Å². The van der Waals surface area contributed by atoms with Crippen LogP contribution in [-0.2, 0) is 32.9 Å². The lowest BCUT2D eigenvalue weighted by Crippen LogP contribution is -2.40. The molecule has 0 saturated heterocycles. The maximum Gasteiger partial charge on any atom is 0.243 e. The maximum atomic E-state index is 13.0. The molecular formula is C27H30ClN3O5S2. The number of halogens is 1. The van der Waals surface area contributed by atoms with Crippen LogP contribution in [0.25, 0.3) is 0 Å². The molecule has 11 heteroatoms. The summed E-state index contributed by atoms with van der Waals surface area (Å²) in [6, 6.07) is 20.2. The number of anilines is 1. The first-order chi connectivity index (χ1) is 17.8. The molecule has 38 heavy (non-hydrogen) atoms. The van der Waals surface area contributed by atoms with Gasteiger partial charge in [-0.3, -0.25) is 4.72 Å².